The summed E-state index contributed by atoms with van der Waals surface area (Å²) in [6, 6.07) is 20.6. The van der Waals surface area contributed by atoms with Gasteiger partial charge in [-0.1, -0.05) is 65.2 Å². The predicted molar refractivity (Wildman–Crippen MR) is 119 cm³/mol. The van der Waals surface area contributed by atoms with E-state index in [1.54, 1.807) is 24.3 Å². The molecule has 150 valence electrons. The van der Waals surface area contributed by atoms with Gasteiger partial charge in [0.1, 0.15) is 12.4 Å². The van der Waals surface area contributed by atoms with Crippen molar-refractivity contribution in [3.8, 4) is 5.75 Å². The quantitative estimate of drug-likeness (QED) is 0.351. The van der Waals surface area contributed by atoms with E-state index in [0.29, 0.717) is 22.2 Å². The van der Waals surface area contributed by atoms with Crippen molar-refractivity contribution >= 4 is 41.1 Å². The number of hydrogen-bond donors (Lipinski definition) is 0. The van der Waals surface area contributed by atoms with Gasteiger partial charge in [-0.2, -0.15) is 0 Å². The van der Waals surface area contributed by atoms with Crippen LogP contribution in [0, 0.1) is 6.92 Å². The molecule has 3 aromatic rings. The number of rotatable bonds is 5. The van der Waals surface area contributed by atoms with Gasteiger partial charge in [-0.05, 0) is 54.5 Å². The molecule has 3 aromatic carbocycles. The summed E-state index contributed by atoms with van der Waals surface area (Å²) in [5.74, 6) is 0.422. The van der Waals surface area contributed by atoms with Crippen LogP contribution in [0.4, 0.5) is 0 Å². The van der Waals surface area contributed by atoms with Crippen LogP contribution in [0.1, 0.15) is 22.3 Å². The van der Waals surface area contributed by atoms with Gasteiger partial charge in [-0.3, -0.25) is 0 Å². The number of halogens is 2. The molecule has 30 heavy (non-hydrogen) atoms. The molecule has 4 nitrogen and oxygen atoms in total. The number of ether oxygens (including phenoxy) is 2. The summed E-state index contributed by atoms with van der Waals surface area (Å²) in [6.07, 6.45) is 1.66. The number of hydrogen-bond acceptors (Lipinski definition) is 4. The van der Waals surface area contributed by atoms with Crippen molar-refractivity contribution in [3.05, 3.63) is 105 Å². The lowest BCUT2D eigenvalue weighted by atomic mass is 10.1. The third-order valence-corrected chi connectivity index (χ3v) is 5.24. The Morgan fingerprint density at radius 2 is 1.70 bits per heavy atom. The van der Waals surface area contributed by atoms with Crippen LogP contribution in [-0.4, -0.2) is 11.9 Å². The molecule has 1 aliphatic rings. The van der Waals surface area contributed by atoms with Gasteiger partial charge in [-0.15, -0.1) is 0 Å². The second-order valence-corrected chi connectivity index (χ2v) is 7.62. The summed E-state index contributed by atoms with van der Waals surface area (Å²) in [5, 5.41) is 0.789. The molecule has 6 heteroatoms. The summed E-state index contributed by atoms with van der Waals surface area (Å²) >= 11 is 12.0. The lowest BCUT2D eigenvalue weighted by molar-refractivity contribution is -0.129. The lowest BCUT2D eigenvalue weighted by Crippen LogP contribution is -2.05. The molecule has 1 heterocycles. The SMILES string of the molecule is Cc1ccc(COc2ccc(/C=C3\N=C(c4ccc(Cl)c(Cl)c4)OC3=O)cc2)cc1. The molecule has 0 amide bonds. The number of nitrogens with zero attached hydrogens (tertiary/aromatic N) is 1. The van der Waals surface area contributed by atoms with E-state index in [1.165, 1.54) is 5.56 Å². The van der Waals surface area contributed by atoms with Gasteiger partial charge in [0.05, 0.1) is 10.0 Å². The van der Waals surface area contributed by atoms with E-state index in [9.17, 15) is 4.79 Å². The molecule has 0 bridgehead atoms. The lowest BCUT2D eigenvalue weighted by Gasteiger charge is -2.07. The highest BCUT2D eigenvalue weighted by Crippen LogP contribution is 2.26. The van der Waals surface area contributed by atoms with Crippen molar-refractivity contribution in [2.45, 2.75) is 13.5 Å². The number of aryl methyl sites for hydroxylation is 1. The van der Waals surface area contributed by atoms with E-state index in [4.69, 9.17) is 32.7 Å². The molecule has 0 aliphatic carbocycles. The third kappa shape index (κ3) is 4.73. The zero-order chi connectivity index (χ0) is 21.1. The molecule has 0 saturated heterocycles. The molecule has 0 radical (unpaired) electrons. The van der Waals surface area contributed by atoms with Crippen molar-refractivity contribution in [1.82, 2.24) is 0 Å². The highest BCUT2D eigenvalue weighted by atomic mass is 35.5. The largest absolute Gasteiger partial charge is 0.489 e. The van der Waals surface area contributed by atoms with E-state index in [1.807, 2.05) is 36.4 Å². The van der Waals surface area contributed by atoms with Gasteiger partial charge in [-0.25, -0.2) is 9.79 Å². The van der Waals surface area contributed by atoms with Gasteiger partial charge in [0, 0.05) is 5.56 Å². The zero-order valence-corrected chi connectivity index (χ0v) is 17.6. The van der Waals surface area contributed by atoms with Gasteiger partial charge >= 0.3 is 5.97 Å². The highest BCUT2D eigenvalue weighted by Gasteiger charge is 2.24. The number of benzene rings is 3. The van der Waals surface area contributed by atoms with Crippen LogP contribution in [0.15, 0.2) is 77.4 Å². The average Bonchev–Trinajstić information content (AvgIpc) is 3.11. The van der Waals surface area contributed by atoms with E-state index >= 15 is 0 Å². The van der Waals surface area contributed by atoms with Gasteiger partial charge in [0.15, 0.2) is 5.70 Å². The minimum atomic E-state index is -0.518. The Hall–Kier alpha value is -3.08. The number of carbonyl (C=O) groups excluding carboxylic acids is 1. The fourth-order valence-electron chi connectivity index (χ4n) is 2.83. The van der Waals surface area contributed by atoms with Crippen LogP contribution >= 0.6 is 23.2 Å². The Morgan fingerprint density at radius 3 is 2.40 bits per heavy atom. The van der Waals surface area contributed by atoms with E-state index in [0.717, 1.165) is 16.9 Å². The van der Waals surface area contributed by atoms with Crippen molar-refractivity contribution < 1.29 is 14.3 Å². The minimum Gasteiger partial charge on any atom is -0.489 e. The normalized spacial score (nSPS) is 14.6. The number of carbonyl (C=O) groups is 1. The van der Waals surface area contributed by atoms with Crippen molar-refractivity contribution in [2.75, 3.05) is 0 Å². The molecule has 0 saturated carbocycles. The standard InChI is InChI=1S/C24H17Cl2NO3/c1-15-2-4-17(5-3-15)14-29-19-9-6-16(7-10-19)12-22-24(28)30-23(27-22)18-8-11-20(25)21(26)13-18/h2-13H,14H2,1H3/b22-12-. The molecule has 1 aliphatic heterocycles. The van der Waals surface area contributed by atoms with Gasteiger partial charge < -0.3 is 9.47 Å². The van der Waals surface area contributed by atoms with Crippen LogP contribution in [0.25, 0.3) is 6.08 Å². The van der Waals surface area contributed by atoms with Crippen molar-refractivity contribution in [2.24, 2.45) is 4.99 Å². The Labute approximate surface area is 184 Å². The first-order chi connectivity index (χ1) is 14.5. The van der Waals surface area contributed by atoms with E-state index < -0.39 is 5.97 Å². The minimum absolute atomic E-state index is 0.197. The van der Waals surface area contributed by atoms with E-state index in [-0.39, 0.29) is 11.6 Å². The third-order valence-electron chi connectivity index (χ3n) is 4.50. The smallest absolute Gasteiger partial charge is 0.363 e. The number of cyclic esters (lactones) is 1. The molecule has 4 rings (SSSR count). The Kier molecular flexibility index (Phi) is 5.88. The van der Waals surface area contributed by atoms with Gasteiger partial charge in [0.25, 0.3) is 0 Å². The first kappa shape index (κ1) is 20.2. The monoisotopic (exact) mass is 437 g/mol. The first-order valence-electron chi connectivity index (χ1n) is 9.24. The summed E-state index contributed by atoms with van der Waals surface area (Å²) in [6.45, 7) is 2.54. The average molecular weight is 438 g/mol. The van der Waals surface area contributed by atoms with Crippen LogP contribution in [0.5, 0.6) is 5.75 Å². The second-order valence-electron chi connectivity index (χ2n) is 6.81. The maximum Gasteiger partial charge on any atom is 0.363 e. The number of esters is 1. The molecule has 0 aromatic heterocycles. The maximum atomic E-state index is 12.2. The van der Waals surface area contributed by atoms with Crippen molar-refractivity contribution in [1.29, 1.82) is 0 Å². The Morgan fingerprint density at radius 1 is 0.967 bits per heavy atom. The Bertz CT molecular complexity index is 1150. The fourth-order valence-corrected chi connectivity index (χ4v) is 3.13. The fraction of sp³-hybridized carbons (Fsp3) is 0.0833. The molecule has 0 unspecified atom stereocenters. The summed E-state index contributed by atoms with van der Waals surface area (Å²) in [5.41, 5.74) is 3.92. The summed E-state index contributed by atoms with van der Waals surface area (Å²) in [4.78, 5) is 16.5. The van der Waals surface area contributed by atoms with Gasteiger partial charge in [0.2, 0.25) is 5.90 Å². The highest BCUT2D eigenvalue weighted by molar-refractivity contribution is 6.42. The maximum absolute atomic E-state index is 12.2. The van der Waals surface area contributed by atoms with Crippen LogP contribution in [0.3, 0.4) is 0 Å². The Balaban J connectivity index is 1.46. The van der Waals surface area contributed by atoms with E-state index in [2.05, 4.69) is 24.0 Å². The molecular weight excluding hydrogens is 421 g/mol. The topological polar surface area (TPSA) is 47.9 Å². The van der Waals surface area contributed by atoms with Crippen LogP contribution < -0.4 is 4.74 Å². The molecule has 0 atom stereocenters. The van der Waals surface area contributed by atoms with Crippen LogP contribution in [0.2, 0.25) is 10.0 Å². The summed E-state index contributed by atoms with van der Waals surface area (Å²) < 4.78 is 11.1. The second kappa shape index (κ2) is 8.74. The van der Waals surface area contributed by atoms with Crippen molar-refractivity contribution in [3.63, 3.8) is 0 Å². The zero-order valence-electron chi connectivity index (χ0n) is 16.1. The first-order valence-corrected chi connectivity index (χ1v) is 10.00. The molecule has 0 spiro atoms. The summed E-state index contributed by atoms with van der Waals surface area (Å²) in [7, 11) is 0. The number of aliphatic imine (C=N–C) groups is 1. The van der Waals surface area contributed by atoms with Crippen LogP contribution in [-0.2, 0) is 16.1 Å². The predicted octanol–water partition coefficient (Wildman–Crippen LogP) is 6.23. The molecule has 0 fully saturated rings. The molecule has 0 N–H and O–H groups in total. The molecular formula is C24H17Cl2NO3.